The molecule has 0 aliphatic heterocycles. The van der Waals surface area contributed by atoms with Gasteiger partial charge in [-0.2, -0.15) is 0 Å². The van der Waals surface area contributed by atoms with Crippen LogP contribution in [0.15, 0.2) is 57.7 Å². The average molecular weight is 345 g/mol. The molecule has 0 radical (unpaired) electrons. The molecule has 0 aliphatic carbocycles. The van der Waals surface area contributed by atoms with E-state index in [1.165, 1.54) is 4.57 Å². The summed E-state index contributed by atoms with van der Waals surface area (Å²) in [6.07, 6.45) is 0.196. The van der Waals surface area contributed by atoms with Crippen LogP contribution >= 0.6 is 11.6 Å². The van der Waals surface area contributed by atoms with Crippen molar-refractivity contribution in [1.82, 2.24) is 9.88 Å². The normalized spacial score (nSPS) is 12.2. The van der Waals surface area contributed by atoms with Crippen LogP contribution in [0.4, 0.5) is 0 Å². The SMILES string of the molecule is CC(NC(=O)CCn1c(=O)oc2ccccc21)c1ccc(Cl)cc1. The van der Waals surface area contributed by atoms with E-state index in [0.29, 0.717) is 16.1 Å². The number of hydrogen-bond donors (Lipinski definition) is 1. The second-order valence-corrected chi connectivity index (χ2v) is 6.01. The minimum absolute atomic E-state index is 0.130. The Morgan fingerprint density at radius 1 is 1.21 bits per heavy atom. The van der Waals surface area contributed by atoms with E-state index in [1.54, 1.807) is 30.3 Å². The minimum Gasteiger partial charge on any atom is -0.408 e. The molecule has 0 aliphatic rings. The molecule has 3 rings (SSSR count). The Kier molecular flexibility index (Phi) is 4.71. The van der Waals surface area contributed by atoms with Crippen molar-refractivity contribution in [2.75, 3.05) is 0 Å². The summed E-state index contributed by atoms with van der Waals surface area (Å²) in [5.41, 5.74) is 2.19. The fourth-order valence-electron chi connectivity index (χ4n) is 2.59. The number of aromatic nitrogens is 1. The highest BCUT2D eigenvalue weighted by molar-refractivity contribution is 6.30. The van der Waals surface area contributed by atoms with Gasteiger partial charge in [-0.05, 0) is 36.8 Å². The number of nitrogens with zero attached hydrogens (tertiary/aromatic N) is 1. The highest BCUT2D eigenvalue weighted by Gasteiger charge is 2.12. The molecule has 6 heteroatoms. The van der Waals surface area contributed by atoms with Gasteiger partial charge in [-0.15, -0.1) is 0 Å². The molecule has 0 fully saturated rings. The van der Waals surface area contributed by atoms with Gasteiger partial charge in [-0.3, -0.25) is 9.36 Å². The molecule has 0 saturated heterocycles. The number of oxazole rings is 1. The van der Waals surface area contributed by atoms with Gasteiger partial charge in [-0.1, -0.05) is 35.9 Å². The number of amides is 1. The van der Waals surface area contributed by atoms with E-state index in [2.05, 4.69) is 5.32 Å². The monoisotopic (exact) mass is 344 g/mol. The van der Waals surface area contributed by atoms with Crippen molar-refractivity contribution in [3.05, 3.63) is 69.7 Å². The Morgan fingerprint density at radius 3 is 2.67 bits per heavy atom. The third kappa shape index (κ3) is 3.51. The molecule has 124 valence electrons. The summed E-state index contributed by atoms with van der Waals surface area (Å²) in [7, 11) is 0. The van der Waals surface area contributed by atoms with E-state index in [0.717, 1.165) is 5.56 Å². The van der Waals surface area contributed by atoms with Gasteiger partial charge in [-0.25, -0.2) is 4.79 Å². The molecule has 1 unspecified atom stereocenters. The highest BCUT2D eigenvalue weighted by Crippen LogP contribution is 2.16. The van der Waals surface area contributed by atoms with E-state index in [9.17, 15) is 9.59 Å². The maximum absolute atomic E-state index is 12.2. The fourth-order valence-corrected chi connectivity index (χ4v) is 2.71. The third-order valence-electron chi connectivity index (χ3n) is 3.88. The number of para-hydroxylation sites is 2. The van der Waals surface area contributed by atoms with Gasteiger partial charge in [0, 0.05) is 18.0 Å². The lowest BCUT2D eigenvalue weighted by Gasteiger charge is -2.14. The van der Waals surface area contributed by atoms with Crippen LogP contribution in [0.3, 0.4) is 0 Å². The first kappa shape index (κ1) is 16.3. The Balaban J connectivity index is 1.64. The van der Waals surface area contributed by atoms with Crippen molar-refractivity contribution >= 4 is 28.6 Å². The van der Waals surface area contributed by atoms with Crippen LogP contribution < -0.4 is 11.1 Å². The van der Waals surface area contributed by atoms with Crippen molar-refractivity contribution in [3.63, 3.8) is 0 Å². The third-order valence-corrected chi connectivity index (χ3v) is 4.14. The number of rotatable bonds is 5. The Morgan fingerprint density at radius 2 is 1.92 bits per heavy atom. The summed E-state index contributed by atoms with van der Waals surface area (Å²) in [6, 6.07) is 14.4. The maximum Gasteiger partial charge on any atom is 0.419 e. The lowest BCUT2D eigenvalue weighted by molar-refractivity contribution is -0.121. The van der Waals surface area contributed by atoms with Gasteiger partial charge in [0.25, 0.3) is 0 Å². The fraction of sp³-hybridized carbons (Fsp3) is 0.222. The zero-order valence-corrected chi connectivity index (χ0v) is 13.9. The molecular weight excluding hydrogens is 328 g/mol. The number of hydrogen-bond acceptors (Lipinski definition) is 3. The Labute approximate surface area is 143 Å². The Hall–Kier alpha value is -2.53. The molecule has 1 atom stereocenters. The molecule has 3 aromatic rings. The first-order valence-corrected chi connectivity index (χ1v) is 8.05. The predicted molar refractivity (Wildman–Crippen MR) is 93.1 cm³/mol. The molecule has 0 spiro atoms. The van der Waals surface area contributed by atoms with Crippen LogP contribution in [0.2, 0.25) is 5.02 Å². The van der Waals surface area contributed by atoms with Crippen LogP contribution in [0.25, 0.3) is 11.1 Å². The number of aryl methyl sites for hydroxylation is 1. The molecule has 1 N–H and O–H groups in total. The van der Waals surface area contributed by atoms with Gasteiger partial charge >= 0.3 is 5.76 Å². The first-order chi connectivity index (χ1) is 11.5. The number of nitrogens with one attached hydrogen (secondary N) is 1. The van der Waals surface area contributed by atoms with Gasteiger partial charge in [0.05, 0.1) is 11.6 Å². The summed E-state index contributed by atoms with van der Waals surface area (Å²) in [5, 5.41) is 3.57. The topological polar surface area (TPSA) is 64.2 Å². The minimum atomic E-state index is -0.449. The predicted octanol–water partition coefficient (Wildman–Crippen LogP) is 3.52. The molecule has 0 saturated carbocycles. The summed E-state index contributed by atoms with van der Waals surface area (Å²) in [4.78, 5) is 24.0. The zero-order valence-electron chi connectivity index (χ0n) is 13.2. The lowest BCUT2D eigenvalue weighted by atomic mass is 10.1. The van der Waals surface area contributed by atoms with Gasteiger partial charge in [0.2, 0.25) is 5.91 Å². The van der Waals surface area contributed by atoms with Gasteiger partial charge < -0.3 is 9.73 Å². The quantitative estimate of drug-likeness (QED) is 0.770. The standard InChI is InChI=1S/C18H17ClN2O3/c1-12(13-6-8-14(19)9-7-13)20-17(22)10-11-21-15-4-2-3-5-16(15)24-18(21)23/h2-9,12H,10-11H2,1H3,(H,20,22). The molecule has 2 aromatic carbocycles. The number of fused-ring (bicyclic) bond motifs is 1. The molecule has 1 amide bonds. The number of carbonyl (C=O) groups excluding carboxylic acids is 1. The summed E-state index contributed by atoms with van der Waals surface area (Å²) >= 11 is 5.86. The van der Waals surface area contributed by atoms with Gasteiger partial charge in [0.1, 0.15) is 0 Å². The van der Waals surface area contributed by atoms with Crippen LogP contribution in [-0.2, 0) is 11.3 Å². The number of benzene rings is 2. The molecule has 1 heterocycles. The van der Waals surface area contributed by atoms with Crippen molar-refractivity contribution in [1.29, 1.82) is 0 Å². The van der Waals surface area contributed by atoms with E-state index in [1.807, 2.05) is 25.1 Å². The largest absolute Gasteiger partial charge is 0.419 e. The highest BCUT2D eigenvalue weighted by atomic mass is 35.5. The van der Waals surface area contributed by atoms with E-state index >= 15 is 0 Å². The van der Waals surface area contributed by atoms with Crippen LogP contribution in [-0.4, -0.2) is 10.5 Å². The maximum atomic E-state index is 12.2. The van der Waals surface area contributed by atoms with Crippen molar-refractivity contribution in [3.8, 4) is 0 Å². The smallest absolute Gasteiger partial charge is 0.408 e. The van der Waals surface area contributed by atoms with Gasteiger partial charge in [0.15, 0.2) is 5.58 Å². The number of carbonyl (C=O) groups is 1. The zero-order chi connectivity index (χ0) is 17.1. The Bertz CT molecular complexity index is 912. The summed E-state index contributed by atoms with van der Waals surface area (Å²) < 4.78 is 6.63. The average Bonchev–Trinajstić information content (AvgIpc) is 2.88. The van der Waals surface area contributed by atoms with E-state index in [4.69, 9.17) is 16.0 Å². The summed E-state index contributed by atoms with van der Waals surface area (Å²) in [5.74, 6) is -0.579. The van der Waals surface area contributed by atoms with Crippen LogP contribution in [0.1, 0.15) is 24.9 Å². The molecule has 5 nitrogen and oxygen atoms in total. The first-order valence-electron chi connectivity index (χ1n) is 7.68. The van der Waals surface area contributed by atoms with Crippen molar-refractivity contribution in [2.24, 2.45) is 0 Å². The lowest BCUT2D eigenvalue weighted by Crippen LogP contribution is -2.28. The molecule has 24 heavy (non-hydrogen) atoms. The second-order valence-electron chi connectivity index (χ2n) is 5.58. The molecular formula is C18H17ClN2O3. The summed E-state index contributed by atoms with van der Waals surface area (Å²) in [6.45, 7) is 2.18. The van der Waals surface area contributed by atoms with E-state index in [-0.39, 0.29) is 24.9 Å². The molecule has 0 bridgehead atoms. The van der Waals surface area contributed by atoms with Crippen LogP contribution in [0, 0.1) is 0 Å². The number of halogens is 1. The van der Waals surface area contributed by atoms with Crippen molar-refractivity contribution < 1.29 is 9.21 Å². The molecule has 1 aromatic heterocycles. The van der Waals surface area contributed by atoms with Crippen LogP contribution in [0.5, 0.6) is 0 Å². The van der Waals surface area contributed by atoms with E-state index < -0.39 is 5.76 Å². The second kappa shape index (κ2) is 6.93. The van der Waals surface area contributed by atoms with Crippen molar-refractivity contribution in [2.45, 2.75) is 25.9 Å².